The van der Waals surface area contributed by atoms with Gasteiger partial charge in [0.25, 0.3) is 0 Å². The van der Waals surface area contributed by atoms with E-state index in [0.717, 1.165) is 5.56 Å². The highest BCUT2D eigenvalue weighted by Crippen LogP contribution is 2.46. The average molecular weight is 381 g/mol. The van der Waals surface area contributed by atoms with Crippen LogP contribution in [0.15, 0.2) is 24.3 Å². The molecular formula is C19H25ClN2O4. The third-order valence-electron chi connectivity index (χ3n) is 5.98. The smallest absolute Gasteiger partial charge is 0.404 e. The van der Waals surface area contributed by atoms with Gasteiger partial charge < -0.3 is 20.4 Å². The number of benzene rings is 1. The summed E-state index contributed by atoms with van der Waals surface area (Å²) in [4.78, 5) is 25.5. The van der Waals surface area contributed by atoms with E-state index in [9.17, 15) is 14.7 Å². The molecule has 1 heterocycles. The number of halogens is 1. The summed E-state index contributed by atoms with van der Waals surface area (Å²) in [6.45, 7) is 4.77. The summed E-state index contributed by atoms with van der Waals surface area (Å²) in [6, 6.07) is 6.89. The highest BCUT2D eigenvalue weighted by Gasteiger charge is 2.51. The number of hydrogen-bond donors (Lipinski definition) is 3. The van der Waals surface area contributed by atoms with Crippen molar-refractivity contribution >= 4 is 23.6 Å². The Labute approximate surface area is 158 Å². The van der Waals surface area contributed by atoms with Crippen LogP contribution in [0.3, 0.4) is 0 Å². The van der Waals surface area contributed by atoms with Gasteiger partial charge in [-0.3, -0.25) is 4.79 Å². The van der Waals surface area contributed by atoms with E-state index in [1.54, 1.807) is 17.0 Å². The molecule has 2 aliphatic rings. The van der Waals surface area contributed by atoms with Crippen molar-refractivity contribution in [3.63, 3.8) is 0 Å². The normalized spacial score (nSPS) is 30.4. The fraction of sp³-hybridized carbons (Fsp3) is 0.579. The zero-order valence-electron chi connectivity index (χ0n) is 15.0. The molecule has 2 fully saturated rings. The van der Waals surface area contributed by atoms with E-state index in [0.29, 0.717) is 37.4 Å². The van der Waals surface area contributed by atoms with Crippen molar-refractivity contribution < 1.29 is 19.8 Å². The lowest BCUT2D eigenvalue weighted by molar-refractivity contribution is -0.159. The Kier molecular flexibility index (Phi) is 4.92. The molecule has 0 radical (unpaired) electrons. The van der Waals surface area contributed by atoms with Crippen LogP contribution in [0.5, 0.6) is 0 Å². The van der Waals surface area contributed by atoms with E-state index in [1.807, 2.05) is 26.0 Å². The first-order valence-electron chi connectivity index (χ1n) is 8.91. The minimum atomic E-state index is -1.09. The topological polar surface area (TPSA) is 89.9 Å². The predicted octanol–water partition coefficient (Wildman–Crippen LogP) is 2.83. The Balaban J connectivity index is 1.73. The maximum Gasteiger partial charge on any atom is 0.404 e. The van der Waals surface area contributed by atoms with E-state index in [4.69, 9.17) is 16.7 Å². The Morgan fingerprint density at radius 3 is 2.38 bits per heavy atom. The van der Waals surface area contributed by atoms with Gasteiger partial charge in [-0.15, -0.1) is 0 Å². The number of nitrogens with one attached hydrogen (secondary N) is 1. The number of amides is 2. The van der Waals surface area contributed by atoms with Gasteiger partial charge in [-0.1, -0.05) is 37.6 Å². The van der Waals surface area contributed by atoms with Crippen molar-refractivity contribution in [2.24, 2.45) is 11.3 Å². The number of hydrogen-bond acceptors (Lipinski definition) is 3. The van der Waals surface area contributed by atoms with Crippen LogP contribution in [0.1, 0.15) is 38.7 Å². The molecule has 26 heavy (non-hydrogen) atoms. The first-order valence-corrected chi connectivity index (χ1v) is 9.28. The number of carbonyl (C=O) groups is 2. The lowest BCUT2D eigenvalue weighted by Gasteiger charge is -2.52. The maximum absolute atomic E-state index is 12.8. The number of nitrogens with zero attached hydrogens (tertiary/aromatic N) is 1. The second-order valence-electron chi connectivity index (χ2n) is 8.00. The molecule has 0 bridgehead atoms. The molecule has 1 aromatic rings. The molecule has 142 valence electrons. The third kappa shape index (κ3) is 3.28. The van der Waals surface area contributed by atoms with E-state index < -0.39 is 17.1 Å². The minimum absolute atomic E-state index is 0.0266. The SMILES string of the molecule is CC1(C)CN(C(=O)C2CCC2NC(=O)O)CC[C@]1(O)c1ccc(Cl)cc1. The number of carbonyl (C=O) groups excluding carboxylic acids is 1. The minimum Gasteiger partial charge on any atom is -0.465 e. The molecular weight excluding hydrogens is 356 g/mol. The molecule has 1 aromatic carbocycles. The molecule has 7 heteroatoms. The second-order valence-corrected chi connectivity index (χ2v) is 8.44. The van der Waals surface area contributed by atoms with E-state index >= 15 is 0 Å². The number of rotatable bonds is 3. The van der Waals surface area contributed by atoms with Crippen molar-refractivity contribution in [3.8, 4) is 0 Å². The summed E-state index contributed by atoms with van der Waals surface area (Å²) in [7, 11) is 0. The Hall–Kier alpha value is -1.79. The van der Waals surface area contributed by atoms with Crippen LogP contribution in [-0.2, 0) is 10.4 Å². The van der Waals surface area contributed by atoms with Gasteiger partial charge in [0.1, 0.15) is 0 Å². The molecule has 6 nitrogen and oxygen atoms in total. The van der Waals surface area contributed by atoms with Crippen LogP contribution in [0.25, 0.3) is 0 Å². The lowest BCUT2D eigenvalue weighted by Crippen LogP contribution is -2.60. The molecule has 1 aliphatic heterocycles. The lowest BCUT2D eigenvalue weighted by atomic mass is 9.66. The van der Waals surface area contributed by atoms with Gasteiger partial charge in [-0.2, -0.15) is 0 Å². The second kappa shape index (κ2) is 6.74. The molecule has 1 saturated carbocycles. The number of piperidine rings is 1. The molecule has 3 rings (SSSR count). The van der Waals surface area contributed by atoms with Crippen molar-refractivity contribution in [3.05, 3.63) is 34.9 Å². The zero-order chi connectivity index (χ0) is 19.1. The van der Waals surface area contributed by atoms with Crippen LogP contribution in [0.2, 0.25) is 5.02 Å². The standard InChI is InChI=1S/C19H25ClN2O4/c1-18(2)11-22(16(23)14-7-8-15(14)21-17(24)25)10-9-19(18,26)12-3-5-13(20)6-4-12/h3-6,14-15,21,26H,7-11H2,1-2H3,(H,24,25)/t14?,15?,19-/m0/s1. The van der Waals surface area contributed by atoms with E-state index in [-0.39, 0.29) is 17.9 Å². The van der Waals surface area contributed by atoms with Crippen molar-refractivity contribution in [1.82, 2.24) is 10.2 Å². The van der Waals surface area contributed by atoms with Crippen LogP contribution in [0.4, 0.5) is 4.79 Å². The van der Waals surface area contributed by atoms with Gasteiger partial charge in [-0.05, 0) is 37.0 Å². The first kappa shape index (κ1) is 19.0. The highest BCUT2D eigenvalue weighted by molar-refractivity contribution is 6.30. The van der Waals surface area contributed by atoms with Crippen LogP contribution >= 0.6 is 11.6 Å². The van der Waals surface area contributed by atoms with Gasteiger partial charge in [0.05, 0.1) is 11.5 Å². The largest absolute Gasteiger partial charge is 0.465 e. The van der Waals surface area contributed by atoms with Crippen LogP contribution in [0, 0.1) is 11.3 Å². The molecule has 2 unspecified atom stereocenters. The van der Waals surface area contributed by atoms with Gasteiger partial charge in [0, 0.05) is 29.6 Å². The van der Waals surface area contributed by atoms with Crippen LogP contribution in [-0.4, -0.2) is 46.2 Å². The summed E-state index contributed by atoms with van der Waals surface area (Å²) < 4.78 is 0. The molecule has 0 aromatic heterocycles. The van der Waals surface area contributed by atoms with Gasteiger partial charge in [0.2, 0.25) is 5.91 Å². The first-order chi connectivity index (χ1) is 12.1. The summed E-state index contributed by atoms with van der Waals surface area (Å²) in [5, 5.41) is 23.3. The summed E-state index contributed by atoms with van der Waals surface area (Å²) in [5.41, 5.74) is -0.797. The summed E-state index contributed by atoms with van der Waals surface area (Å²) in [6.07, 6.45) is 0.720. The number of aliphatic hydroxyl groups is 1. The predicted molar refractivity (Wildman–Crippen MR) is 98.0 cm³/mol. The summed E-state index contributed by atoms with van der Waals surface area (Å²) in [5.74, 6) is -0.329. The fourth-order valence-corrected chi connectivity index (χ4v) is 4.26. The molecule has 3 atom stereocenters. The summed E-state index contributed by atoms with van der Waals surface area (Å²) >= 11 is 5.96. The number of carboxylic acid groups (broad SMARTS) is 1. The molecule has 3 N–H and O–H groups in total. The highest BCUT2D eigenvalue weighted by atomic mass is 35.5. The molecule has 0 spiro atoms. The Morgan fingerprint density at radius 2 is 1.88 bits per heavy atom. The van der Waals surface area contributed by atoms with E-state index in [1.165, 1.54) is 0 Å². The fourth-order valence-electron chi connectivity index (χ4n) is 4.13. The Bertz CT molecular complexity index is 706. The maximum atomic E-state index is 12.8. The Morgan fingerprint density at radius 1 is 1.23 bits per heavy atom. The average Bonchev–Trinajstić information content (AvgIpc) is 2.54. The van der Waals surface area contributed by atoms with Gasteiger partial charge in [0.15, 0.2) is 0 Å². The molecule has 1 aliphatic carbocycles. The number of likely N-dealkylation sites (tertiary alicyclic amines) is 1. The third-order valence-corrected chi connectivity index (χ3v) is 6.24. The zero-order valence-corrected chi connectivity index (χ0v) is 15.8. The van der Waals surface area contributed by atoms with Crippen molar-refractivity contribution in [2.75, 3.05) is 13.1 Å². The molecule has 1 saturated heterocycles. The van der Waals surface area contributed by atoms with Crippen molar-refractivity contribution in [2.45, 2.75) is 44.8 Å². The molecule has 2 amide bonds. The van der Waals surface area contributed by atoms with Gasteiger partial charge in [-0.25, -0.2) is 4.79 Å². The van der Waals surface area contributed by atoms with Crippen LogP contribution < -0.4 is 5.32 Å². The van der Waals surface area contributed by atoms with Crippen molar-refractivity contribution in [1.29, 1.82) is 0 Å². The monoisotopic (exact) mass is 380 g/mol. The quantitative estimate of drug-likeness (QED) is 0.752. The van der Waals surface area contributed by atoms with Gasteiger partial charge >= 0.3 is 6.09 Å². The van der Waals surface area contributed by atoms with E-state index in [2.05, 4.69) is 5.32 Å².